The third kappa shape index (κ3) is 2.87. The maximum atomic E-state index is 14.8. The zero-order valence-corrected chi connectivity index (χ0v) is 14.6. The molecular formula is C20H17F2N3O2. The average Bonchev–Trinajstić information content (AvgIpc) is 2.76. The first-order valence-corrected chi connectivity index (χ1v) is 8.73. The number of halogens is 2. The fraction of sp³-hybridized carbons (Fsp3) is 0.300. The first-order valence-electron chi connectivity index (χ1n) is 8.73. The van der Waals surface area contributed by atoms with E-state index in [9.17, 15) is 18.8 Å². The van der Waals surface area contributed by atoms with Crippen LogP contribution in [0.5, 0.6) is 11.5 Å². The standard InChI is InChI=1S/C20H17F2N3O2/c1-11(26)24-15-5-3-7-25-16-8-12(10-23)14(22)9-18(16)27-17-6-2-4-13(21)19(17)20(15)25/h2,4,6,8-9,15,20H,3,5,7H2,1H3,(H,24,26)/t15-,20-/m1/s1. The van der Waals surface area contributed by atoms with Crippen LogP contribution in [0.1, 0.15) is 36.9 Å². The van der Waals surface area contributed by atoms with Gasteiger partial charge >= 0.3 is 0 Å². The summed E-state index contributed by atoms with van der Waals surface area (Å²) in [6.07, 6.45) is 1.43. The summed E-state index contributed by atoms with van der Waals surface area (Å²) in [6, 6.07) is 8.07. The Hall–Kier alpha value is -3.14. The van der Waals surface area contributed by atoms with Crippen molar-refractivity contribution >= 4 is 11.6 Å². The minimum Gasteiger partial charge on any atom is -0.455 e. The molecule has 0 aliphatic carbocycles. The number of carbonyl (C=O) groups is 1. The van der Waals surface area contributed by atoms with Crippen molar-refractivity contribution in [2.75, 3.05) is 11.4 Å². The van der Waals surface area contributed by atoms with E-state index in [4.69, 9.17) is 4.74 Å². The van der Waals surface area contributed by atoms with Crippen LogP contribution in [0, 0.1) is 23.0 Å². The first kappa shape index (κ1) is 17.3. The molecule has 7 heteroatoms. The predicted octanol–water partition coefficient (Wildman–Crippen LogP) is 3.79. The predicted molar refractivity (Wildman–Crippen MR) is 94.5 cm³/mol. The highest BCUT2D eigenvalue weighted by atomic mass is 19.1. The number of hydrogen-bond acceptors (Lipinski definition) is 4. The van der Waals surface area contributed by atoms with E-state index < -0.39 is 17.7 Å². The van der Waals surface area contributed by atoms with Crippen LogP contribution >= 0.6 is 0 Å². The number of nitrogens with one attached hydrogen (secondary N) is 1. The summed E-state index contributed by atoms with van der Waals surface area (Å²) in [5, 5.41) is 12.1. The summed E-state index contributed by atoms with van der Waals surface area (Å²) in [4.78, 5) is 13.6. The second-order valence-corrected chi connectivity index (χ2v) is 6.75. The molecule has 0 unspecified atom stereocenters. The van der Waals surface area contributed by atoms with E-state index in [2.05, 4.69) is 5.32 Å². The van der Waals surface area contributed by atoms with E-state index in [0.717, 1.165) is 12.5 Å². The number of fused-ring (bicyclic) bond motifs is 5. The summed E-state index contributed by atoms with van der Waals surface area (Å²) in [7, 11) is 0. The van der Waals surface area contributed by atoms with E-state index in [1.54, 1.807) is 6.07 Å². The minimum atomic E-state index is -0.692. The Morgan fingerprint density at radius 3 is 2.85 bits per heavy atom. The van der Waals surface area contributed by atoms with E-state index in [-0.39, 0.29) is 29.0 Å². The maximum Gasteiger partial charge on any atom is 0.217 e. The number of hydrogen-bond donors (Lipinski definition) is 1. The van der Waals surface area contributed by atoms with Gasteiger partial charge in [-0.25, -0.2) is 8.78 Å². The van der Waals surface area contributed by atoms with Crippen LogP contribution in [0.15, 0.2) is 30.3 Å². The number of nitrogens with zero attached hydrogens (tertiary/aromatic N) is 2. The van der Waals surface area contributed by atoms with E-state index >= 15 is 0 Å². The van der Waals surface area contributed by atoms with Crippen LogP contribution in [-0.2, 0) is 4.79 Å². The van der Waals surface area contributed by atoms with E-state index in [1.165, 1.54) is 25.1 Å². The van der Waals surface area contributed by atoms with Gasteiger partial charge in [-0.15, -0.1) is 0 Å². The van der Waals surface area contributed by atoms with Crippen molar-refractivity contribution < 1.29 is 18.3 Å². The van der Waals surface area contributed by atoms with Gasteiger partial charge in [0.2, 0.25) is 5.91 Å². The molecule has 1 saturated heterocycles. The molecule has 2 aliphatic rings. The second kappa shape index (κ2) is 6.54. The van der Waals surface area contributed by atoms with Crippen molar-refractivity contribution in [3.8, 4) is 17.6 Å². The molecule has 2 atom stereocenters. The molecule has 1 amide bonds. The van der Waals surface area contributed by atoms with Crippen molar-refractivity contribution in [3.05, 3.63) is 53.1 Å². The second-order valence-electron chi connectivity index (χ2n) is 6.75. The summed E-state index contributed by atoms with van der Waals surface area (Å²) < 4.78 is 34.9. The summed E-state index contributed by atoms with van der Waals surface area (Å²) in [5.41, 5.74) is 0.735. The highest BCUT2D eigenvalue weighted by Crippen LogP contribution is 2.48. The Balaban J connectivity index is 1.95. The van der Waals surface area contributed by atoms with Gasteiger partial charge in [0.1, 0.15) is 23.5 Å². The molecule has 0 aromatic heterocycles. The Bertz CT molecular complexity index is 970. The molecule has 2 aromatic rings. The highest BCUT2D eigenvalue weighted by molar-refractivity contribution is 5.74. The fourth-order valence-electron chi connectivity index (χ4n) is 3.98. The molecule has 0 spiro atoms. The van der Waals surface area contributed by atoms with Crippen LogP contribution in [0.3, 0.4) is 0 Å². The molecule has 2 aromatic carbocycles. The molecule has 0 bridgehead atoms. The molecule has 4 rings (SSSR count). The van der Waals surface area contributed by atoms with Gasteiger partial charge in [-0.05, 0) is 31.0 Å². The van der Waals surface area contributed by atoms with Crippen LogP contribution in [0.2, 0.25) is 0 Å². The van der Waals surface area contributed by atoms with Gasteiger partial charge in [-0.3, -0.25) is 4.79 Å². The van der Waals surface area contributed by atoms with Crippen molar-refractivity contribution in [1.82, 2.24) is 5.32 Å². The maximum absolute atomic E-state index is 14.8. The van der Waals surface area contributed by atoms with Gasteiger partial charge in [0.15, 0.2) is 5.75 Å². The van der Waals surface area contributed by atoms with Crippen LogP contribution in [0.4, 0.5) is 14.5 Å². The number of ether oxygens (including phenoxy) is 1. The first-order chi connectivity index (χ1) is 13.0. The molecule has 1 N–H and O–H groups in total. The van der Waals surface area contributed by atoms with Gasteiger partial charge in [0, 0.05) is 19.5 Å². The number of piperidine rings is 1. The Morgan fingerprint density at radius 2 is 2.11 bits per heavy atom. The van der Waals surface area contributed by atoms with E-state index in [1.807, 2.05) is 11.0 Å². The SMILES string of the molecule is CC(=O)N[C@@H]1CCCN2c3cc(C#N)c(F)cc3Oc3cccc(F)c3[C@@H]12. The van der Waals surface area contributed by atoms with Crippen LogP contribution < -0.4 is 15.0 Å². The average molecular weight is 369 g/mol. The lowest BCUT2D eigenvalue weighted by Crippen LogP contribution is -2.49. The number of rotatable bonds is 1. The van der Waals surface area contributed by atoms with Gasteiger partial charge in [0.05, 0.1) is 28.9 Å². The quantitative estimate of drug-likeness (QED) is 0.831. The minimum absolute atomic E-state index is 0.107. The topological polar surface area (TPSA) is 65.4 Å². The third-order valence-corrected chi connectivity index (χ3v) is 5.03. The Morgan fingerprint density at radius 1 is 1.30 bits per heavy atom. The smallest absolute Gasteiger partial charge is 0.217 e. The fourth-order valence-corrected chi connectivity index (χ4v) is 3.98. The molecule has 2 aliphatic heterocycles. The number of nitriles is 1. The summed E-state index contributed by atoms with van der Waals surface area (Å²) in [6.45, 7) is 1.99. The van der Waals surface area contributed by atoms with Crippen LogP contribution in [0.25, 0.3) is 0 Å². The number of benzene rings is 2. The van der Waals surface area contributed by atoms with Gasteiger partial charge in [0.25, 0.3) is 0 Å². The lowest BCUT2D eigenvalue weighted by Gasteiger charge is -2.42. The molecule has 138 valence electrons. The van der Waals surface area contributed by atoms with Gasteiger partial charge < -0.3 is 15.0 Å². The Kier molecular flexibility index (Phi) is 4.19. The highest BCUT2D eigenvalue weighted by Gasteiger charge is 2.40. The van der Waals surface area contributed by atoms with Crippen molar-refractivity contribution in [3.63, 3.8) is 0 Å². The summed E-state index contributed by atoms with van der Waals surface area (Å²) >= 11 is 0. The summed E-state index contributed by atoms with van der Waals surface area (Å²) in [5.74, 6) is -0.840. The van der Waals surface area contributed by atoms with Crippen LogP contribution in [-0.4, -0.2) is 18.5 Å². The van der Waals surface area contributed by atoms with Crippen molar-refractivity contribution in [2.45, 2.75) is 31.8 Å². The molecule has 1 fully saturated rings. The van der Waals surface area contributed by atoms with Gasteiger partial charge in [-0.1, -0.05) is 6.07 Å². The molecule has 27 heavy (non-hydrogen) atoms. The lowest BCUT2D eigenvalue weighted by molar-refractivity contribution is -0.120. The zero-order valence-electron chi connectivity index (χ0n) is 14.6. The monoisotopic (exact) mass is 369 g/mol. The molecular weight excluding hydrogens is 352 g/mol. The largest absolute Gasteiger partial charge is 0.455 e. The molecule has 5 nitrogen and oxygen atoms in total. The molecule has 2 heterocycles. The van der Waals surface area contributed by atoms with Crippen molar-refractivity contribution in [2.24, 2.45) is 0 Å². The number of anilines is 1. The molecule has 0 saturated carbocycles. The number of amides is 1. The van der Waals surface area contributed by atoms with E-state index in [0.29, 0.717) is 24.2 Å². The third-order valence-electron chi connectivity index (χ3n) is 5.03. The molecule has 0 radical (unpaired) electrons. The number of carbonyl (C=O) groups excluding carboxylic acids is 1. The van der Waals surface area contributed by atoms with Crippen molar-refractivity contribution in [1.29, 1.82) is 5.26 Å². The lowest BCUT2D eigenvalue weighted by atomic mass is 9.89. The normalized spacial score (nSPS) is 20.3. The van der Waals surface area contributed by atoms with Gasteiger partial charge in [-0.2, -0.15) is 5.26 Å². The Labute approximate surface area is 155 Å². The zero-order chi connectivity index (χ0) is 19.1.